The van der Waals surface area contributed by atoms with Gasteiger partial charge in [-0.05, 0) is 55.5 Å². The number of hydrogen-bond acceptors (Lipinski definition) is 3. The highest BCUT2D eigenvalue weighted by molar-refractivity contribution is 7.98. The summed E-state index contributed by atoms with van der Waals surface area (Å²) in [7, 11) is 0. The molecule has 25 heavy (non-hydrogen) atoms. The van der Waals surface area contributed by atoms with Crippen molar-refractivity contribution >= 4 is 28.7 Å². The molecule has 3 aromatic rings. The molecule has 2 N–H and O–H groups in total. The summed E-state index contributed by atoms with van der Waals surface area (Å²) in [5.41, 5.74) is 2.68. The number of aromatic nitrogens is 3. The molecular formula is C19H22N4OS. The summed E-state index contributed by atoms with van der Waals surface area (Å²) in [4.78, 5) is 20.9. The first-order valence-corrected chi connectivity index (χ1v) is 10.1. The van der Waals surface area contributed by atoms with Crippen molar-refractivity contribution < 1.29 is 4.79 Å². The van der Waals surface area contributed by atoms with E-state index in [0.29, 0.717) is 6.04 Å². The van der Waals surface area contributed by atoms with Gasteiger partial charge < -0.3 is 14.9 Å². The Morgan fingerprint density at radius 1 is 1.36 bits per heavy atom. The number of nitrogens with one attached hydrogen (secondary N) is 2. The molecule has 0 aliphatic heterocycles. The quantitative estimate of drug-likeness (QED) is 0.676. The third-order valence-corrected chi connectivity index (χ3v) is 5.25. The van der Waals surface area contributed by atoms with Crippen molar-refractivity contribution in [3.05, 3.63) is 54.1 Å². The number of nitrogens with zero attached hydrogens (tertiary/aromatic N) is 2. The van der Waals surface area contributed by atoms with Crippen LogP contribution in [-0.4, -0.2) is 32.5 Å². The van der Waals surface area contributed by atoms with Gasteiger partial charge in [0, 0.05) is 12.2 Å². The highest BCUT2D eigenvalue weighted by Gasteiger charge is 2.28. The fourth-order valence-corrected chi connectivity index (χ4v) is 3.61. The smallest absolute Gasteiger partial charge is 0.268 e. The van der Waals surface area contributed by atoms with E-state index in [-0.39, 0.29) is 11.9 Å². The summed E-state index contributed by atoms with van der Waals surface area (Å²) >= 11 is 1.78. The van der Waals surface area contributed by atoms with Crippen LogP contribution in [0.25, 0.3) is 11.0 Å². The average molecular weight is 354 g/mol. The zero-order chi connectivity index (χ0) is 17.2. The zero-order valence-electron chi connectivity index (χ0n) is 14.2. The number of fused-ring (bicyclic) bond motifs is 1. The highest BCUT2D eigenvalue weighted by atomic mass is 32.2. The van der Waals surface area contributed by atoms with E-state index in [1.54, 1.807) is 11.8 Å². The lowest BCUT2D eigenvalue weighted by atomic mass is 10.2. The Balaban J connectivity index is 1.58. The number of amides is 1. The number of H-pyrrole nitrogens is 1. The topological polar surface area (TPSA) is 62.7 Å². The molecule has 0 spiro atoms. The van der Waals surface area contributed by atoms with Crippen LogP contribution in [0.3, 0.4) is 0 Å². The predicted molar refractivity (Wildman–Crippen MR) is 102 cm³/mol. The number of rotatable bonds is 7. The van der Waals surface area contributed by atoms with Crippen LogP contribution in [0.15, 0.2) is 42.6 Å². The first kappa shape index (κ1) is 16.3. The van der Waals surface area contributed by atoms with Crippen molar-refractivity contribution in [2.24, 2.45) is 0 Å². The third kappa shape index (κ3) is 3.44. The van der Waals surface area contributed by atoms with Crippen LogP contribution < -0.4 is 5.32 Å². The number of imidazole rings is 1. The molecule has 130 valence electrons. The summed E-state index contributed by atoms with van der Waals surface area (Å²) in [5.74, 6) is 1.77. The van der Waals surface area contributed by atoms with Gasteiger partial charge in [0.2, 0.25) is 0 Å². The highest BCUT2D eigenvalue weighted by Crippen LogP contribution is 2.36. The minimum Gasteiger partial charge on any atom is -0.341 e. The minimum atomic E-state index is -0.116. The molecule has 4 rings (SSSR count). The molecule has 5 nitrogen and oxygen atoms in total. The SMILES string of the molecule is CSCCC(NC(=O)c1cccn1C1CC1)c1nc2ccccc2[nH]1. The molecule has 2 aromatic heterocycles. The summed E-state index contributed by atoms with van der Waals surface area (Å²) < 4.78 is 2.10. The molecule has 6 heteroatoms. The standard InChI is InChI=1S/C19H22N4OS/c1-25-12-10-16(18-20-14-5-2-3-6-15(14)21-18)22-19(24)17-7-4-11-23(17)13-8-9-13/h2-7,11,13,16H,8-10,12H2,1H3,(H,20,21)(H,22,24). The molecule has 1 aliphatic carbocycles. The van der Waals surface area contributed by atoms with Gasteiger partial charge in [-0.2, -0.15) is 11.8 Å². The second kappa shape index (κ2) is 6.96. The number of hydrogen-bond donors (Lipinski definition) is 2. The van der Waals surface area contributed by atoms with Crippen molar-refractivity contribution in [1.82, 2.24) is 19.9 Å². The second-order valence-corrected chi connectivity index (χ2v) is 7.46. The Hall–Kier alpha value is -2.21. The monoisotopic (exact) mass is 354 g/mol. The minimum absolute atomic E-state index is 0.0246. The Morgan fingerprint density at radius 2 is 2.20 bits per heavy atom. The molecule has 0 radical (unpaired) electrons. The largest absolute Gasteiger partial charge is 0.341 e. The van der Waals surface area contributed by atoms with E-state index in [1.807, 2.05) is 42.6 Å². The molecule has 1 amide bonds. The Morgan fingerprint density at radius 3 is 2.96 bits per heavy atom. The maximum Gasteiger partial charge on any atom is 0.268 e. The van der Waals surface area contributed by atoms with Gasteiger partial charge in [0.05, 0.1) is 17.1 Å². The molecule has 1 unspecified atom stereocenters. The Bertz CT molecular complexity index is 847. The number of benzene rings is 1. The van der Waals surface area contributed by atoms with Crippen LogP contribution in [-0.2, 0) is 0 Å². The lowest BCUT2D eigenvalue weighted by molar-refractivity contribution is 0.0924. The number of para-hydroxylation sites is 2. The zero-order valence-corrected chi connectivity index (χ0v) is 15.1. The second-order valence-electron chi connectivity index (χ2n) is 6.48. The molecule has 1 aliphatic rings. The van der Waals surface area contributed by atoms with E-state index in [9.17, 15) is 4.79 Å². The normalized spacial score (nSPS) is 15.4. The van der Waals surface area contributed by atoms with Crippen molar-refractivity contribution in [1.29, 1.82) is 0 Å². The number of carbonyl (C=O) groups excluding carboxylic acids is 1. The van der Waals surface area contributed by atoms with Crippen LogP contribution in [0.5, 0.6) is 0 Å². The molecule has 0 bridgehead atoms. The van der Waals surface area contributed by atoms with Crippen LogP contribution in [0, 0.1) is 0 Å². The van der Waals surface area contributed by atoms with E-state index in [2.05, 4.69) is 26.1 Å². The van der Waals surface area contributed by atoms with Crippen LogP contribution >= 0.6 is 11.8 Å². The fourth-order valence-electron chi connectivity index (χ4n) is 3.14. The average Bonchev–Trinajstić information content (AvgIpc) is 3.19. The van der Waals surface area contributed by atoms with Crippen molar-refractivity contribution in [3.8, 4) is 0 Å². The lowest BCUT2D eigenvalue weighted by Crippen LogP contribution is -2.31. The maximum atomic E-state index is 12.8. The summed E-state index contributed by atoms with van der Waals surface area (Å²) in [6.45, 7) is 0. The van der Waals surface area contributed by atoms with Gasteiger partial charge in [0.25, 0.3) is 5.91 Å². The number of aromatic amines is 1. The van der Waals surface area contributed by atoms with Crippen molar-refractivity contribution in [2.75, 3.05) is 12.0 Å². The van der Waals surface area contributed by atoms with Gasteiger partial charge in [-0.15, -0.1) is 0 Å². The maximum absolute atomic E-state index is 12.8. The molecule has 1 atom stereocenters. The van der Waals surface area contributed by atoms with Crippen LogP contribution in [0.4, 0.5) is 0 Å². The molecular weight excluding hydrogens is 332 g/mol. The van der Waals surface area contributed by atoms with Gasteiger partial charge in [0.1, 0.15) is 11.5 Å². The van der Waals surface area contributed by atoms with Gasteiger partial charge in [-0.25, -0.2) is 4.98 Å². The van der Waals surface area contributed by atoms with Gasteiger partial charge >= 0.3 is 0 Å². The molecule has 2 heterocycles. The van der Waals surface area contributed by atoms with Crippen molar-refractivity contribution in [2.45, 2.75) is 31.3 Å². The van der Waals surface area contributed by atoms with E-state index < -0.39 is 0 Å². The van der Waals surface area contributed by atoms with Gasteiger partial charge in [-0.3, -0.25) is 4.79 Å². The molecule has 1 fully saturated rings. The van der Waals surface area contributed by atoms with Gasteiger partial charge in [0.15, 0.2) is 0 Å². The number of carbonyl (C=O) groups is 1. The Labute approximate surface area is 151 Å². The summed E-state index contributed by atoms with van der Waals surface area (Å²) in [6, 6.07) is 12.2. The summed E-state index contributed by atoms with van der Waals surface area (Å²) in [5, 5.41) is 3.19. The van der Waals surface area contributed by atoms with Crippen LogP contribution in [0.2, 0.25) is 0 Å². The molecule has 1 aromatic carbocycles. The van der Waals surface area contributed by atoms with E-state index in [1.165, 1.54) is 0 Å². The van der Waals surface area contributed by atoms with E-state index >= 15 is 0 Å². The van der Waals surface area contributed by atoms with E-state index in [4.69, 9.17) is 0 Å². The first-order valence-electron chi connectivity index (χ1n) is 8.67. The van der Waals surface area contributed by atoms with Gasteiger partial charge in [-0.1, -0.05) is 12.1 Å². The predicted octanol–water partition coefficient (Wildman–Crippen LogP) is 3.92. The van der Waals surface area contributed by atoms with E-state index in [0.717, 1.165) is 47.6 Å². The molecule has 0 saturated heterocycles. The third-order valence-electron chi connectivity index (χ3n) is 4.61. The van der Waals surface area contributed by atoms with Crippen LogP contribution in [0.1, 0.15) is 47.7 Å². The molecule has 1 saturated carbocycles. The first-order chi connectivity index (χ1) is 12.3. The fraction of sp³-hybridized carbons (Fsp3) is 0.368. The summed E-state index contributed by atoms with van der Waals surface area (Å²) in [6.07, 6.45) is 7.25. The van der Waals surface area contributed by atoms with Crippen molar-refractivity contribution in [3.63, 3.8) is 0 Å². The lowest BCUT2D eigenvalue weighted by Gasteiger charge is -2.17. The number of thioether (sulfide) groups is 1. The Kier molecular flexibility index (Phi) is 4.53.